The normalized spacial score (nSPS) is 17.5. The molecule has 3 amide bonds. The molecule has 2 aromatic rings. The fraction of sp³-hybridized carbons (Fsp3) is 0.435. The summed E-state index contributed by atoms with van der Waals surface area (Å²) < 4.78 is 13.2. The molecule has 0 saturated carbocycles. The first-order chi connectivity index (χ1) is 15.3. The molecule has 1 atom stereocenters. The van der Waals surface area contributed by atoms with Gasteiger partial charge in [-0.1, -0.05) is 32.0 Å². The number of nitrogens with two attached hydrogens (primary N) is 1. The number of rotatable bonds is 10. The van der Waals surface area contributed by atoms with Gasteiger partial charge in [-0.05, 0) is 36.8 Å². The number of anilines is 1. The highest BCUT2D eigenvalue weighted by Gasteiger charge is 2.50. The van der Waals surface area contributed by atoms with Gasteiger partial charge in [0.05, 0.1) is 24.4 Å². The molecule has 9 heteroatoms. The lowest BCUT2D eigenvalue weighted by molar-refractivity contribution is -0.124. The molecule has 0 spiro atoms. The second-order valence-corrected chi connectivity index (χ2v) is 8.35. The minimum Gasteiger partial charge on any atom is -0.364 e. The van der Waals surface area contributed by atoms with Crippen LogP contribution in [0.5, 0.6) is 0 Å². The summed E-state index contributed by atoms with van der Waals surface area (Å²) in [6.07, 6.45) is 4.06. The second kappa shape index (κ2) is 9.84. The molecule has 3 rings (SSSR count). The molecule has 3 N–H and O–H groups in total. The molecule has 1 aromatic heterocycles. The van der Waals surface area contributed by atoms with Gasteiger partial charge in [0.25, 0.3) is 11.8 Å². The summed E-state index contributed by atoms with van der Waals surface area (Å²) in [7, 11) is 0. The van der Waals surface area contributed by atoms with E-state index in [0.29, 0.717) is 25.8 Å². The Balaban J connectivity index is 1.71. The Morgan fingerprint density at radius 2 is 1.88 bits per heavy atom. The van der Waals surface area contributed by atoms with E-state index in [-0.39, 0.29) is 29.8 Å². The molecule has 1 aliphatic heterocycles. The molecule has 0 aliphatic carbocycles. The summed E-state index contributed by atoms with van der Waals surface area (Å²) in [6.45, 7) is 3.88. The topological polar surface area (TPSA) is 118 Å². The zero-order valence-corrected chi connectivity index (χ0v) is 18.3. The van der Waals surface area contributed by atoms with Gasteiger partial charge >= 0.3 is 0 Å². The van der Waals surface area contributed by atoms with Crippen LogP contribution < -0.4 is 16.0 Å². The summed E-state index contributed by atoms with van der Waals surface area (Å²) in [4.78, 5) is 46.1. The third-order valence-electron chi connectivity index (χ3n) is 5.63. The number of nitrogens with one attached hydrogen (secondary N) is 1. The zero-order chi connectivity index (χ0) is 23.3. The van der Waals surface area contributed by atoms with Gasteiger partial charge in [-0.15, -0.1) is 0 Å². The second-order valence-electron chi connectivity index (χ2n) is 8.35. The smallest absolute Gasteiger partial charge is 0.271 e. The molecule has 8 nitrogen and oxygen atoms in total. The summed E-state index contributed by atoms with van der Waals surface area (Å²) >= 11 is 0. The number of fused-ring (bicyclic) bond motifs is 1. The number of carbonyl (C=O) groups is 3. The lowest BCUT2D eigenvalue weighted by atomic mass is 9.72. The number of primary amides is 1. The van der Waals surface area contributed by atoms with Crippen LogP contribution >= 0.6 is 0 Å². The van der Waals surface area contributed by atoms with Gasteiger partial charge in [0, 0.05) is 12.2 Å². The number of para-hydroxylation sites is 1. The van der Waals surface area contributed by atoms with Crippen molar-refractivity contribution >= 4 is 23.4 Å². The van der Waals surface area contributed by atoms with Crippen LogP contribution in [0, 0.1) is 5.92 Å². The average Bonchev–Trinajstić information content (AvgIpc) is 2.99. The Morgan fingerprint density at radius 1 is 1.19 bits per heavy atom. The number of hydrogen-bond acceptors (Lipinski definition) is 5. The highest BCUT2D eigenvalue weighted by atomic mass is 19.1. The van der Waals surface area contributed by atoms with Gasteiger partial charge in [0.15, 0.2) is 0 Å². The van der Waals surface area contributed by atoms with Crippen LogP contribution in [0.2, 0.25) is 0 Å². The fourth-order valence-corrected chi connectivity index (χ4v) is 4.40. The quantitative estimate of drug-likeness (QED) is 0.549. The number of carbonyl (C=O) groups excluding carboxylic acids is 3. The predicted molar refractivity (Wildman–Crippen MR) is 118 cm³/mol. The van der Waals surface area contributed by atoms with E-state index in [1.54, 1.807) is 4.90 Å². The van der Waals surface area contributed by atoms with Gasteiger partial charge in [0.1, 0.15) is 18.1 Å². The molecule has 0 fully saturated rings. The van der Waals surface area contributed by atoms with Crippen LogP contribution in [0.25, 0.3) is 0 Å². The third-order valence-corrected chi connectivity index (χ3v) is 5.63. The monoisotopic (exact) mass is 441 g/mol. The summed E-state index contributed by atoms with van der Waals surface area (Å²) in [5, 5.41) is 2.77. The standard InChI is InChI=1S/C23H28FN5O3/c1-15(2)12-23(16-6-3-4-7-19(16)29(11-9-24)22(23)32)8-5-10-26-21(31)18-14-27-17(13-28-18)20(25)30/h3-4,6-7,13-15H,5,8-12H2,1-2H3,(H2,25,30)(H,26,31). The van der Waals surface area contributed by atoms with Crippen molar-refractivity contribution in [1.82, 2.24) is 15.3 Å². The fourth-order valence-electron chi connectivity index (χ4n) is 4.40. The van der Waals surface area contributed by atoms with Crippen molar-refractivity contribution < 1.29 is 18.8 Å². The first-order valence-corrected chi connectivity index (χ1v) is 10.7. The number of benzene rings is 1. The summed E-state index contributed by atoms with van der Waals surface area (Å²) in [5.41, 5.74) is 6.13. The molecule has 1 aromatic carbocycles. The van der Waals surface area contributed by atoms with Crippen LogP contribution in [-0.4, -0.2) is 47.5 Å². The van der Waals surface area contributed by atoms with Gasteiger partial charge < -0.3 is 16.0 Å². The van der Waals surface area contributed by atoms with Crippen molar-refractivity contribution in [3.05, 3.63) is 53.6 Å². The van der Waals surface area contributed by atoms with Crippen molar-refractivity contribution in [3.63, 3.8) is 0 Å². The van der Waals surface area contributed by atoms with E-state index in [2.05, 4.69) is 29.1 Å². The minimum atomic E-state index is -0.742. The van der Waals surface area contributed by atoms with Crippen molar-refractivity contribution in [3.8, 4) is 0 Å². The molecule has 0 saturated heterocycles. The molecule has 1 unspecified atom stereocenters. The number of aromatic nitrogens is 2. The molecule has 2 heterocycles. The SMILES string of the molecule is CC(C)CC1(CCCNC(=O)c2cnc(C(N)=O)cn2)C(=O)N(CCF)c2ccccc21. The Hall–Kier alpha value is -3.36. The largest absolute Gasteiger partial charge is 0.364 e. The first-order valence-electron chi connectivity index (χ1n) is 10.7. The van der Waals surface area contributed by atoms with Crippen LogP contribution in [0.4, 0.5) is 10.1 Å². The van der Waals surface area contributed by atoms with Crippen LogP contribution in [0.3, 0.4) is 0 Å². The van der Waals surface area contributed by atoms with E-state index in [9.17, 15) is 18.8 Å². The molecule has 0 radical (unpaired) electrons. The molecular weight excluding hydrogens is 413 g/mol. The van der Waals surface area contributed by atoms with E-state index in [0.717, 1.165) is 17.4 Å². The Bertz CT molecular complexity index is 995. The number of amides is 3. The Labute approximate surface area is 186 Å². The van der Waals surface area contributed by atoms with Gasteiger partial charge in [-0.25, -0.2) is 14.4 Å². The van der Waals surface area contributed by atoms with Crippen LogP contribution in [0.15, 0.2) is 36.7 Å². The van der Waals surface area contributed by atoms with Crippen LogP contribution in [-0.2, 0) is 10.2 Å². The lowest BCUT2D eigenvalue weighted by Gasteiger charge is -2.30. The molecule has 170 valence electrons. The van der Waals surface area contributed by atoms with Crippen LogP contribution in [0.1, 0.15) is 59.7 Å². The maximum absolute atomic E-state index is 13.5. The van der Waals surface area contributed by atoms with E-state index in [4.69, 9.17) is 5.73 Å². The van der Waals surface area contributed by atoms with Crippen molar-refractivity contribution in [2.24, 2.45) is 11.7 Å². The van der Waals surface area contributed by atoms with Gasteiger partial charge in [-0.3, -0.25) is 14.4 Å². The number of alkyl halides is 1. The number of hydrogen-bond donors (Lipinski definition) is 2. The maximum Gasteiger partial charge on any atom is 0.271 e. The Morgan fingerprint density at radius 3 is 2.50 bits per heavy atom. The van der Waals surface area contributed by atoms with E-state index < -0.39 is 23.9 Å². The molecule has 32 heavy (non-hydrogen) atoms. The van der Waals surface area contributed by atoms with E-state index in [1.165, 1.54) is 6.20 Å². The van der Waals surface area contributed by atoms with Gasteiger partial charge in [0.2, 0.25) is 5.91 Å². The molecule has 0 bridgehead atoms. The van der Waals surface area contributed by atoms with Crippen molar-refractivity contribution in [1.29, 1.82) is 0 Å². The number of nitrogens with zero attached hydrogens (tertiary/aromatic N) is 3. The third kappa shape index (κ3) is 4.61. The number of halogens is 1. The van der Waals surface area contributed by atoms with E-state index >= 15 is 0 Å². The minimum absolute atomic E-state index is 0.0200. The van der Waals surface area contributed by atoms with Crippen molar-refractivity contribution in [2.45, 2.75) is 38.5 Å². The maximum atomic E-state index is 13.5. The zero-order valence-electron chi connectivity index (χ0n) is 18.3. The van der Waals surface area contributed by atoms with Gasteiger partial charge in [-0.2, -0.15) is 0 Å². The Kier molecular flexibility index (Phi) is 7.17. The van der Waals surface area contributed by atoms with E-state index in [1.807, 2.05) is 24.3 Å². The highest BCUT2D eigenvalue weighted by molar-refractivity contribution is 6.08. The lowest BCUT2D eigenvalue weighted by Crippen LogP contribution is -2.42. The average molecular weight is 442 g/mol. The predicted octanol–water partition coefficient (Wildman–Crippen LogP) is 2.39. The summed E-state index contributed by atoms with van der Waals surface area (Å²) in [6, 6.07) is 7.56. The first kappa shape index (κ1) is 23.3. The molecular formula is C23H28FN5O3. The molecule has 1 aliphatic rings. The van der Waals surface area contributed by atoms with Crippen molar-refractivity contribution in [2.75, 3.05) is 24.7 Å². The highest BCUT2D eigenvalue weighted by Crippen LogP contribution is 2.48. The summed E-state index contributed by atoms with van der Waals surface area (Å²) in [5.74, 6) is -0.970.